The summed E-state index contributed by atoms with van der Waals surface area (Å²) in [7, 11) is 0. The summed E-state index contributed by atoms with van der Waals surface area (Å²) in [6, 6.07) is 17.3. The highest BCUT2D eigenvalue weighted by molar-refractivity contribution is 5.44. The molecule has 0 saturated carbocycles. The Hall–Kier alpha value is -3.78. The molecule has 0 bridgehead atoms. The van der Waals surface area contributed by atoms with E-state index in [1.54, 1.807) is 12.2 Å². The largest absolute Gasteiger partial charge is 0.351 e. The van der Waals surface area contributed by atoms with Crippen LogP contribution in [0, 0.1) is 5.82 Å². The summed E-state index contributed by atoms with van der Waals surface area (Å²) in [5.41, 5.74) is 2.21. The Morgan fingerprint density at radius 1 is 0.857 bits per heavy atom. The number of hydrogen-bond donors (Lipinski definition) is 3. The van der Waals surface area contributed by atoms with Crippen LogP contribution >= 0.6 is 0 Å². The van der Waals surface area contributed by atoms with Crippen LogP contribution in [0.2, 0.25) is 0 Å². The van der Waals surface area contributed by atoms with Crippen molar-refractivity contribution >= 4 is 17.8 Å². The van der Waals surface area contributed by atoms with E-state index in [2.05, 4.69) is 61.1 Å². The molecule has 1 fully saturated rings. The molecule has 3 N–H and O–H groups in total. The highest BCUT2D eigenvalue weighted by Crippen LogP contribution is 2.26. The predicted octanol–water partition coefficient (Wildman–Crippen LogP) is 4.55. The summed E-state index contributed by atoms with van der Waals surface area (Å²) in [6.45, 7) is 10.3. The van der Waals surface area contributed by atoms with Gasteiger partial charge in [0.2, 0.25) is 17.8 Å². The quantitative estimate of drug-likeness (QED) is 0.353. The second-order valence-electron chi connectivity index (χ2n) is 8.45. The van der Waals surface area contributed by atoms with Crippen molar-refractivity contribution < 1.29 is 4.39 Å². The van der Waals surface area contributed by atoms with Gasteiger partial charge >= 0.3 is 0 Å². The summed E-state index contributed by atoms with van der Waals surface area (Å²) >= 11 is 0. The maximum Gasteiger partial charge on any atom is 0.231 e. The van der Waals surface area contributed by atoms with Gasteiger partial charge in [0.25, 0.3) is 0 Å². The van der Waals surface area contributed by atoms with Crippen molar-refractivity contribution in [2.75, 3.05) is 41.7 Å². The van der Waals surface area contributed by atoms with Crippen LogP contribution in [0.15, 0.2) is 79.9 Å². The second kappa shape index (κ2) is 12.1. The number of hydrogen-bond acceptors (Lipinski definition) is 7. The maximum atomic E-state index is 13.5. The monoisotopic (exact) mass is 473 g/mol. The number of piperidine rings is 1. The number of rotatable bonds is 11. The SMILES string of the molecule is C=CCNc1nc(NCC=C)nc(N2CCC(NC(c3ccccc3)c3ccc(F)cc3)CC2)n1. The van der Waals surface area contributed by atoms with E-state index in [0.29, 0.717) is 37.0 Å². The first-order chi connectivity index (χ1) is 17.2. The fourth-order valence-corrected chi connectivity index (χ4v) is 4.16. The molecule has 1 aliphatic heterocycles. The molecule has 8 heteroatoms. The molecule has 0 spiro atoms. The molecule has 1 aliphatic rings. The minimum Gasteiger partial charge on any atom is -0.351 e. The van der Waals surface area contributed by atoms with Gasteiger partial charge in [-0.2, -0.15) is 15.0 Å². The lowest BCUT2D eigenvalue weighted by Gasteiger charge is -2.35. The van der Waals surface area contributed by atoms with E-state index in [4.69, 9.17) is 0 Å². The summed E-state index contributed by atoms with van der Waals surface area (Å²) in [5.74, 6) is 1.45. The summed E-state index contributed by atoms with van der Waals surface area (Å²) in [6.07, 6.45) is 5.39. The van der Waals surface area contributed by atoms with Crippen LogP contribution < -0.4 is 20.9 Å². The topological polar surface area (TPSA) is 78.0 Å². The van der Waals surface area contributed by atoms with E-state index in [0.717, 1.165) is 37.1 Å². The number of anilines is 3. The zero-order valence-corrected chi connectivity index (χ0v) is 19.8. The van der Waals surface area contributed by atoms with Crippen LogP contribution in [0.4, 0.5) is 22.2 Å². The Labute approximate surface area is 206 Å². The molecule has 0 aliphatic carbocycles. The lowest BCUT2D eigenvalue weighted by molar-refractivity contribution is 0.388. The van der Waals surface area contributed by atoms with Gasteiger partial charge in [0.1, 0.15) is 5.82 Å². The van der Waals surface area contributed by atoms with Crippen LogP contribution in [-0.2, 0) is 0 Å². The van der Waals surface area contributed by atoms with Crippen molar-refractivity contribution in [2.45, 2.75) is 24.9 Å². The summed E-state index contributed by atoms with van der Waals surface area (Å²) in [5, 5.41) is 10.1. The third kappa shape index (κ3) is 6.64. The number of benzene rings is 2. The lowest BCUT2D eigenvalue weighted by Crippen LogP contribution is -2.44. The Balaban J connectivity index is 1.45. The normalized spacial score (nSPS) is 14.8. The van der Waals surface area contributed by atoms with Crippen molar-refractivity contribution in [1.82, 2.24) is 20.3 Å². The molecule has 0 radical (unpaired) electrons. The Morgan fingerprint density at radius 2 is 1.43 bits per heavy atom. The number of halogens is 1. The molecule has 35 heavy (non-hydrogen) atoms. The van der Waals surface area contributed by atoms with Gasteiger partial charge in [-0.15, -0.1) is 13.2 Å². The van der Waals surface area contributed by atoms with Crippen molar-refractivity contribution in [3.05, 3.63) is 96.9 Å². The van der Waals surface area contributed by atoms with Crippen LogP contribution in [0.3, 0.4) is 0 Å². The molecule has 182 valence electrons. The molecule has 1 saturated heterocycles. The third-order valence-corrected chi connectivity index (χ3v) is 5.95. The molecule has 2 aromatic carbocycles. The molecule has 1 aromatic heterocycles. The first-order valence-corrected chi connectivity index (χ1v) is 11.9. The van der Waals surface area contributed by atoms with Gasteiger partial charge in [-0.3, -0.25) is 0 Å². The van der Waals surface area contributed by atoms with Gasteiger partial charge in [0, 0.05) is 32.2 Å². The molecule has 1 atom stereocenters. The van der Waals surface area contributed by atoms with E-state index in [-0.39, 0.29) is 11.9 Å². The molecule has 3 aromatic rings. The molecular weight excluding hydrogens is 441 g/mol. The maximum absolute atomic E-state index is 13.5. The fraction of sp³-hybridized carbons (Fsp3) is 0.296. The van der Waals surface area contributed by atoms with Crippen molar-refractivity contribution in [3.63, 3.8) is 0 Å². The third-order valence-electron chi connectivity index (χ3n) is 5.95. The first-order valence-electron chi connectivity index (χ1n) is 11.9. The smallest absolute Gasteiger partial charge is 0.231 e. The van der Waals surface area contributed by atoms with E-state index < -0.39 is 0 Å². The van der Waals surface area contributed by atoms with Crippen LogP contribution in [0.25, 0.3) is 0 Å². The Bertz CT molecular complexity index is 1070. The highest BCUT2D eigenvalue weighted by atomic mass is 19.1. The van der Waals surface area contributed by atoms with Crippen molar-refractivity contribution in [1.29, 1.82) is 0 Å². The molecule has 4 rings (SSSR count). The van der Waals surface area contributed by atoms with Gasteiger partial charge in [0.15, 0.2) is 0 Å². The van der Waals surface area contributed by atoms with Crippen molar-refractivity contribution in [2.24, 2.45) is 0 Å². The standard InChI is InChI=1S/C27H32FN7/c1-3-16-29-25-32-26(30-17-4-2)34-27(33-25)35-18-14-23(15-19-35)31-24(20-8-6-5-7-9-20)21-10-12-22(28)13-11-21/h3-13,23-24,31H,1-2,14-19H2,(H2,29,30,32,33,34). The first kappa shape index (κ1) is 24.3. The van der Waals surface area contributed by atoms with Gasteiger partial charge in [-0.1, -0.05) is 54.6 Å². The van der Waals surface area contributed by atoms with Gasteiger partial charge in [-0.25, -0.2) is 4.39 Å². The number of nitrogens with one attached hydrogen (secondary N) is 3. The number of nitrogens with zero attached hydrogens (tertiary/aromatic N) is 4. The second-order valence-corrected chi connectivity index (χ2v) is 8.45. The van der Waals surface area contributed by atoms with Gasteiger partial charge in [-0.05, 0) is 36.1 Å². The number of aromatic nitrogens is 3. The lowest BCUT2D eigenvalue weighted by atomic mass is 9.95. The van der Waals surface area contributed by atoms with E-state index in [9.17, 15) is 4.39 Å². The zero-order chi connectivity index (χ0) is 24.5. The molecule has 0 amide bonds. The Morgan fingerprint density at radius 3 is 2.00 bits per heavy atom. The van der Waals surface area contributed by atoms with Gasteiger partial charge < -0.3 is 20.9 Å². The van der Waals surface area contributed by atoms with Crippen LogP contribution in [0.5, 0.6) is 0 Å². The van der Waals surface area contributed by atoms with Gasteiger partial charge in [0.05, 0.1) is 6.04 Å². The minimum absolute atomic E-state index is 0.00469. The molecule has 2 heterocycles. The molecular formula is C27H32FN7. The zero-order valence-electron chi connectivity index (χ0n) is 19.8. The van der Waals surface area contributed by atoms with Crippen molar-refractivity contribution in [3.8, 4) is 0 Å². The van der Waals surface area contributed by atoms with E-state index in [1.165, 1.54) is 12.1 Å². The Kier molecular flexibility index (Phi) is 8.40. The fourth-order valence-electron chi connectivity index (χ4n) is 4.16. The average molecular weight is 474 g/mol. The predicted molar refractivity (Wildman–Crippen MR) is 140 cm³/mol. The van der Waals surface area contributed by atoms with E-state index in [1.807, 2.05) is 30.3 Å². The average Bonchev–Trinajstić information content (AvgIpc) is 2.91. The summed E-state index contributed by atoms with van der Waals surface area (Å²) in [4.78, 5) is 15.8. The molecule has 7 nitrogen and oxygen atoms in total. The van der Waals surface area contributed by atoms with E-state index >= 15 is 0 Å². The highest BCUT2D eigenvalue weighted by Gasteiger charge is 2.25. The molecule has 1 unspecified atom stereocenters. The summed E-state index contributed by atoms with van der Waals surface area (Å²) < 4.78 is 13.5. The van der Waals surface area contributed by atoms with Crippen LogP contribution in [-0.4, -0.2) is 47.2 Å². The minimum atomic E-state index is -0.227. The van der Waals surface area contributed by atoms with Crippen LogP contribution in [0.1, 0.15) is 30.0 Å².